The second kappa shape index (κ2) is 7.85. The average molecular weight is 270 g/mol. The third-order valence-corrected chi connectivity index (χ3v) is 4.43. The molecule has 0 saturated heterocycles. The van der Waals surface area contributed by atoms with Crippen molar-refractivity contribution in [2.24, 2.45) is 5.92 Å². The first kappa shape index (κ1) is 16.4. The van der Waals surface area contributed by atoms with E-state index in [1.807, 2.05) is 0 Å². The lowest BCUT2D eigenvalue weighted by molar-refractivity contribution is -0.140. The van der Waals surface area contributed by atoms with Crippen LogP contribution in [0.3, 0.4) is 0 Å². The second-order valence-corrected chi connectivity index (χ2v) is 6.18. The normalized spacial score (nSPS) is 27.5. The molecule has 0 aromatic rings. The molecule has 4 nitrogen and oxygen atoms in total. The van der Waals surface area contributed by atoms with Gasteiger partial charge in [0.15, 0.2) is 0 Å². The molecule has 1 fully saturated rings. The van der Waals surface area contributed by atoms with E-state index in [4.69, 9.17) is 0 Å². The highest BCUT2D eigenvalue weighted by molar-refractivity contribution is 5.69. The van der Waals surface area contributed by atoms with E-state index in [-0.39, 0.29) is 5.97 Å². The topological polar surface area (TPSA) is 41.6 Å². The Hall–Kier alpha value is -0.610. The van der Waals surface area contributed by atoms with Gasteiger partial charge in [0.05, 0.1) is 7.11 Å². The molecule has 0 aliphatic heterocycles. The van der Waals surface area contributed by atoms with Gasteiger partial charge in [-0.25, -0.2) is 0 Å². The Kier molecular flexibility index (Phi) is 6.80. The Balaban J connectivity index is 2.32. The van der Waals surface area contributed by atoms with Crippen LogP contribution >= 0.6 is 0 Å². The molecule has 0 radical (unpaired) electrons. The van der Waals surface area contributed by atoms with Crippen molar-refractivity contribution in [3.8, 4) is 0 Å². The van der Waals surface area contributed by atoms with E-state index in [0.717, 1.165) is 25.4 Å². The Bertz CT molecular complexity index is 281. The number of hydrogen-bond acceptors (Lipinski definition) is 4. The van der Waals surface area contributed by atoms with Gasteiger partial charge in [-0.2, -0.15) is 0 Å². The standard InChI is InChI=1S/C15H30N2O2/c1-13-7-5-9-15(11-13,17(2)3)12-16-10-6-8-14(18)19-4/h13,16H,5-12H2,1-4H3. The molecule has 1 aliphatic carbocycles. The Morgan fingerprint density at radius 2 is 2.21 bits per heavy atom. The molecule has 0 amide bonds. The van der Waals surface area contributed by atoms with Crippen LogP contribution in [-0.4, -0.2) is 50.7 Å². The van der Waals surface area contributed by atoms with E-state index >= 15 is 0 Å². The maximum atomic E-state index is 11.0. The number of hydrogen-bond donors (Lipinski definition) is 1. The number of carbonyl (C=O) groups is 1. The van der Waals surface area contributed by atoms with Gasteiger partial charge < -0.3 is 15.0 Å². The molecule has 0 heterocycles. The third kappa shape index (κ3) is 5.11. The largest absolute Gasteiger partial charge is 0.469 e. The minimum atomic E-state index is -0.115. The zero-order valence-corrected chi connectivity index (χ0v) is 13.0. The van der Waals surface area contributed by atoms with Crippen LogP contribution in [0.1, 0.15) is 45.4 Å². The smallest absolute Gasteiger partial charge is 0.305 e. The molecule has 112 valence electrons. The highest BCUT2D eigenvalue weighted by Gasteiger charge is 2.36. The van der Waals surface area contributed by atoms with Crippen LogP contribution in [-0.2, 0) is 9.53 Å². The monoisotopic (exact) mass is 270 g/mol. The number of rotatable bonds is 7. The van der Waals surface area contributed by atoms with Gasteiger partial charge in [0, 0.05) is 18.5 Å². The summed E-state index contributed by atoms with van der Waals surface area (Å²) in [6.07, 6.45) is 6.58. The van der Waals surface area contributed by atoms with E-state index in [1.165, 1.54) is 32.8 Å². The van der Waals surface area contributed by atoms with Crippen LogP contribution in [0, 0.1) is 5.92 Å². The van der Waals surface area contributed by atoms with Crippen LogP contribution in [0.25, 0.3) is 0 Å². The number of methoxy groups -OCH3 is 1. The SMILES string of the molecule is COC(=O)CCCNCC1(N(C)C)CCCC(C)C1. The van der Waals surface area contributed by atoms with Gasteiger partial charge in [0.1, 0.15) is 0 Å². The Morgan fingerprint density at radius 3 is 2.79 bits per heavy atom. The summed E-state index contributed by atoms with van der Waals surface area (Å²) in [6, 6.07) is 0. The number of nitrogens with one attached hydrogen (secondary N) is 1. The molecule has 2 unspecified atom stereocenters. The molecule has 1 saturated carbocycles. The third-order valence-electron chi connectivity index (χ3n) is 4.43. The van der Waals surface area contributed by atoms with E-state index in [9.17, 15) is 4.79 Å². The lowest BCUT2D eigenvalue weighted by atomic mass is 9.75. The molecule has 0 aromatic carbocycles. The molecular weight excluding hydrogens is 240 g/mol. The quantitative estimate of drug-likeness (QED) is 0.568. The fourth-order valence-corrected chi connectivity index (χ4v) is 3.14. The zero-order valence-electron chi connectivity index (χ0n) is 13.0. The van der Waals surface area contributed by atoms with Crippen molar-refractivity contribution in [1.29, 1.82) is 0 Å². The first-order valence-corrected chi connectivity index (χ1v) is 7.45. The summed E-state index contributed by atoms with van der Waals surface area (Å²) in [7, 11) is 5.82. The van der Waals surface area contributed by atoms with Crippen LogP contribution < -0.4 is 5.32 Å². The number of esters is 1. The zero-order chi connectivity index (χ0) is 14.3. The van der Waals surface area contributed by atoms with Gasteiger partial charge in [-0.05, 0) is 45.8 Å². The summed E-state index contributed by atoms with van der Waals surface area (Å²) in [4.78, 5) is 13.4. The van der Waals surface area contributed by atoms with Crippen LogP contribution in [0.2, 0.25) is 0 Å². The predicted octanol–water partition coefficient (Wildman–Crippen LogP) is 2.04. The van der Waals surface area contributed by atoms with Crippen LogP contribution in [0.5, 0.6) is 0 Å². The minimum Gasteiger partial charge on any atom is -0.469 e. The van der Waals surface area contributed by atoms with E-state index in [1.54, 1.807) is 0 Å². The molecule has 4 heteroatoms. The van der Waals surface area contributed by atoms with Gasteiger partial charge in [-0.1, -0.05) is 19.8 Å². The molecule has 0 aromatic heterocycles. The minimum absolute atomic E-state index is 0.115. The van der Waals surface area contributed by atoms with Gasteiger partial charge >= 0.3 is 5.97 Å². The molecule has 19 heavy (non-hydrogen) atoms. The summed E-state index contributed by atoms with van der Waals surface area (Å²) in [5, 5.41) is 3.53. The highest BCUT2D eigenvalue weighted by Crippen LogP contribution is 2.35. The van der Waals surface area contributed by atoms with Crippen molar-refractivity contribution in [1.82, 2.24) is 10.2 Å². The Labute approximate surface area is 117 Å². The summed E-state index contributed by atoms with van der Waals surface area (Å²) in [5.74, 6) is 0.698. The summed E-state index contributed by atoms with van der Waals surface area (Å²) >= 11 is 0. The van der Waals surface area contributed by atoms with Gasteiger partial charge in [-0.3, -0.25) is 4.79 Å². The molecule has 1 aliphatic rings. The maximum absolute atomic E-state index is 11.0. The molecule has 1 N–H and O–H groups in total. The van der Waals surface area contributed by atoms with E-state index in [2.05, 4.69) is 36.0 Å². The summed E-state index contributed by atoms with van der Waals surface area (Å²) < 4.78 is 4.64. The number of carbonyl (C=O) groups excluding carboxylic acids is 1. The van der Waals surface area contributed by atoms with Crippen LogP contribution in [0.4, 0.5) is 0 Å². The van der Waals surface area contributed by atoms with E-state index in [0.29, 0.717) is 12.0 Å². The number of likely N-dealkylation sites (N-methyl/N-ethyl adjacent to an activating group) is 1. The van der Waals surface area contributed by atoms with Crippen LogP contribution in [0.15, 0.2) is 0 Å². The maximum Gasteiger partial charge on any atom is 0.305 e. The lowest BCUT2D eigenvalue weighted by Crippen LogP contribution is -2.54. The summed E-state index contributed by atoms with van der Waals surface area (Å²) in [6.45, 7) is 4.26. The fourth-order valence-electron chi connectivity index (χ4n) is 3.14. The van der Waals surface area contributed by atoms with Crippen molar-refractivity contribution in [3.05, 3.63) is 0 Å². The molecular formula is C15H30N2O2. The van der Waals surface area contributed by atoms with E-state index < -0.39 is 0 Å². The van der Waals surface area contributed by atoms with Crippen molar-refractivity contribution in [2.75, 3.05) is 34.3 Å². The highest BCUT2D eigenvalue weighted by atomic mass is 16.5. The Morgan fingerprint density at radius 1 is 1.47 bits per heavy atom. The number of ether oxygens (including phenoxy) is 1. The van der Waals surface area contributed by atoms with Crippen molar-refractivity contribution in [2.45, 2.75) is 51.0 Å². The number of nitrogens with zero attached hydrogens (tertiary/aromatic N) is 1. The van der Waals surface area contributed by atoms with Crippen molar-refractivity contribution < 1.29 is 9.53 Å². The summed E-state index contributed by atoms with van der Waals surface area (Å²) in [5.41, 5.74) is 0.295. The molecule has 1 rings (SSSR count). The van der Waals surface area contributed by atoms with Crippen molar-refractivity contribution >= 4 is 5.97 Å². The first-order valence-electron chi connectivity index (χ1n) is 7.45. The fraction of sp³-hybridized carbons (Fsp3) is 0.933. The van der Waals surface area contributed by atoms with Crippen molar-refractivity contribution in [3.63, 3.8) is 0 Å². The van der Waals surface area contributed by atoms with Gasteiger partial charge in [-0.15, -0.1) is 0 Å². The average Bonchev–Trinajstić information content (AvgIpc) is 2.37. The van der Waals surface area contributed by atoms with Gasteiger partial charge in [0.2, 0.25) is 0 Å². The lowest BCUT2D eigenvalue weighted by Gasteiger charge is -2.45. The molecule has 0 spiro atoms. The second-order valence-electron chi connectivity index (χ2n) is 6.18. The predicted molar refractivity (Wildman–Crippen MR) is 78.2 cm³/mol. The molecule has 2 atom stereocenters. The molecule has 0 bridgehead atoms. The van der Waals surface area contributed by atoms with Gasteiger partial charge in [0.25, 0.3) is 0 Å². The first-order chi connectivity index (χ1) is 9.00.